The highest BCUT2D eigenvalue weighted by molar-refractivity contribution is 7.99. The minimum absolute atomic E-state index is 0.0646. The van der Waals surface area contributed by atoms with Gasteiger partial charge >= 0.3 is 5.97 Å². The predicted molar refractivity (Wildman–Crippen MR) is 106 cm³/mol. The van der Waals surface area contributed by atoms with Crippen LogP contribution in [0.2, 0.25) is 0 Å². The third-order valence-electron chi connectivity index (χ3n) is 3.94. The Bertz CT molecular complexity index is 1020. The first-order chi connectivity index (χ1) is 12.8. The molecule has 3 aromatic carbocycles. The maximum atomic E-state index is 12.3. The van der Waals surface area contributed by atoms with Crippen LogP contribution in [0, 0.1) is 15.5 Å². The lowest BCUT2D eigenvalue weighted by molar-refractivity contribution is -0.387. The monoisotopic (exact) mass is 381 g/mol. The number of ether oxygens (including phenoxy) is 1. The molecule has 3 aromatic rings. The van der Waals surface area contributed by atoms with E-state index in [4.69, 9.17) is 4.74 Å². The van der Waals surface area contributed by atoms with E-state index in [1.807, 2.05) is 30.3 Å². The van der Waals surface area contributed by atoms with E-state index in [-0.39, 0.29) is 16.6 Å². The van der Waals surface area contributed by atoms with Crippen molar-refractivity contribution in [1.29, 1.82) is 0 Å². The molecular formula is C21H19NO4S. The molecule has 3 rings (SSSR count). The van der Waals surface area contributed by atoms with Gasteiger partial charge in [0, 0.05) is 16.3 Å². The van der Waals surface area contributed by atoms with E-state index in [1.165, 1.54) is 17.8 Å². The molecule has 0 saturated heterocycles. The normalized spacial score (nSPS) is 11.4. The van der Waals surface area contributed by atoms with Crippen LogP contribution >= 0.6 is 11.8 Å². The van der Waals surface area contributed by atoms with Crippen molar-refractivity contribution in [3.05, 3.63) is 70.8 Å². The van der Waals surface area contributed by atoms with Gasteiger partial charge < -0.3 is 4.74 Å². The van der Waals surface area contributed by atoms with E-state index in [2.05, 4.69) is 0 Å². The maximum absolute atomic E-state index is 12.3. The molecule has 0 fully saturated rings. The molecule has 0 aliphatic heterocycles. The number of benzene rings is 3. The Balaban J connectivity index is 2.04. The smallest absolute Gasteiger partial charge is 0.316 e. The summed E-state index contributed by atoms with van der Waals surface area (Å²) in [4.78, 5) is 24.6. The minimum Gasteiger partial charge on any atom is -0.425 e. The molecule has 0 saturated carbocycles. The van der Waals surface area contributed by atoms with Crippen molar-refractivity contribution in [2.45, 2.75) is 30.6 Å². The highest BCUT2D eigenvalue weighted by atomic mass is 32.2. The molecular weight excluding hydrogens is 362 g/mol. The van der Waals surface area contributed by atoms with Gasteiger partial charge in [-0.05, 0) is 44.4 Å². The summed E-state index contributed by atoms with van der Waals surface area (Å²) in [6.07, 6.45) is 0. The molecule has 27 heavy (non-hydrogen) atoms. The molecule has 0 aliphatic carbocycles. The van der Waals surface area contributed by atoms with Crippen molar-refractivity contribution in [2.75, 3.05) is 0 Å². The Hall–Kier alpha value is -2.86. The lowest BCUT2D eigenvalue weighted by Crippen LogP contribution is -2.25. The van der Waals surface area contributed by atoms with E-state index in [9.17, 15) is 14.9 Å². The van der Waals surface area contributed by atoms with Crippen LogP contribution in [0.3, 0.4) is 0 Å². The van der Waals surface area contributed by atoms with Crippen molar-refractivity contribution < 1.29 is 14.5 Å². The zero-order valence-electron chi connectivity index (χ0n) is 15.3. The van der Waals surface area contributed by atoms with Crippen LogP contribution in [-0.4, -0.2) is 10.9 Å². The third-order valence-corrected chi connectivity index (χ3v) is 5.08. The molecule has 6 heteroatoms. The quantitative estimate of drug-likeness (QED) is 0.245. The van der Waals surface area contributed by atoms with E-state index in [1.54, 1.807) is 45.0 Å². The lowest BCUT2D eigenvalue weighted by atomic mass is 9.97. The van der Waals surface area contributed by atoms with Gasteiger partial charge in [0.05, 0.1) is 15.2 Å². The van der Waals surface area contributed by atoms with Crippen LogP contribution in [-0.2, 0) is 4.79 Å². The number of fused-ring (bicyclic) bond motifs is 1. The summed E-state index contributed by atoms with van der Waals surface area (Å²) >= 11 is 1.32. The number of hydrogen-bond acceptors (Lipinski definition) is 5. The zero-order valence-corrected chi connectivity index (χ0v) is 16.1. The Morgan fingerprint density at radius 2 is 1.56 bits per heavy atom. The molecule has 5 nitrogen and oxygen atoms in total. The standard InChI is InChI=1S/C21H19NO4S/c1-21(2,3)20(23)26-17-12-13-18(15-9-5-4-8-14(15)17)27-19-11-7-6-10-16(19)22(24)25/h4-13H,1-3H3. The topological polar surface area (TPSA) is 69.4 Å². The molecule has 138 valence electrons. The van der Waals surface area contributed by atoms with Gasteiger partial charge in [0.25, 0.3) is 5.69 Å². The van der Waals surface area contributed by atoms with Gasteiger partial charge in [-0.3, -0.25) is 14.9 Å². The number of rotatable bonds is 4. The number of para-hydroxylation sites is 1. The lowest BCUT2D eigenvalue weighted by Gasteiger charge is -2.18. The summed E-state index contributed by atoms with van der Waals surface area (Å²) < 4.78 is 5.60. The highest BCUT2D eigenvalue weighted by Gasteiger charge is 2.24. The van der Waals surface area contributed by atoms with Gasteiger partial charge in [0.1, 0.15) is 5.75 Å². The summed E-state index contributed by atoms with van der Waals surface area (Å²) in [7, 11) is 0. The van der Waals surface area contributed by atoms with Crippen LogP contribution in [0.5, 0.6) is 5.75 Å². The van der Waals surface area contributed by atoms with Crippen LogP contribution < -0.4 is 4.74 Å². The van der Waals surface area contributed by atoms with Crippen molar-refractivity contribution in [2.24, 2.45) is 5.41 Å². The van der Waals surface area contributed by atoms with Crippen molar-refractivity contribution in [3.63, 3.8) is 0 Å². The van der Waals surface area contributed by atoms with Gasteiger partial charge in [0.2, 0.25) is 0 Å². The minimum atomic E-state index is -0.612. The third kappa shape index (κ3) is 4.11. The second kappa shape index (κ2) is 7.40. The Kier molecular flexibility index (Phi) is 5.19. The van der Waals surface area contributed by atoms with Crippen LogP contribution in [0.1, 0.15) is 20.8 Å². The van der Waals surface area contributed by atoms with E-state index < -0.39 is 5.41 Å². The van der Waals surface area contributed by atoms with Gasteiger partial charge in [0.15, 0.2) is 0 Å². The number of esters is 1. The molecule has 0 spiro atoms. The fourth-order valence-electron chi connectivity index (χ4n) is 2.49. The average Bonchev–Trinajstić information content (AvgIpc) is 2.63. The van der Waals surface area contributed by atoms with E-state index in [0.717, 1.165) is 15.7 Å². The van der Waals surface area contributed by atoms with Gasteiger partial charge in [-0.2, -0.15) is 0 Å². The molecule has 0 radical (unpaired) electrons. The van der Waals surface area contributed by atoms with Crippen molar-refractivity contribution >= 4 is 34.2 Å². The number of nitro benzene ring substituents is 1. The van der Waals surface area contributed by atoms with Crippen molar-refractivity contribution in [1.82, 2.24) is 0 Å². The fraction of sp³-hybridized carbons (Fsp3) is 0.190. The van der Waals surface area contributed by atoms with Gasteiger partial charge in [-0.1, -0.05) is 48.2 Å². The summed E-state index contributed by atoms with van der Waals surface area (Å²) in [6.45, 7) is 5.41. The van der Waals surface area contributed by atoms with Crippen LogP contribution in [0.25, 0.3) is 10.8 Å². The molecule has 0 aromatic heterocycles. The van der Waals surface area contributed by atoms with Gasteiger partial charge in [-0.15, -0.1) is 0 Å². The van der Waals surface area contributed by atoms with E-state index in [0.29, 0.717) is 10.6 Å². The molecule has 0 amide bonds. The fourth-order valence-corrected chi connectivity index (χ4v) is 3.54. The average molecular weight is 381 g/mol. The predicted octanol–water partition coefficient (Wildman–Crippen LogP) is 5.85. The zero-order chi connectivity index (χ0) is 19.6. The Morgan fingerprint density at radius 3 is 2.22 bits per heavy atom. The highest BCUT2D eigenvalue weighted by Crippen LogP contribution is 2.40. The molecule has 0 N–H and O–H groups in total. The number of carbonyl (C=O) groups excluding carboxylic acids is 1. The van der Waals surface area contributed by atoms with Crippen LogP contribution in [0.4, 0.5) is 5.69 Å². The first-order valence-corrected chi connectivity index (χ1v) is 9.24. The molecule has 0 atom stereocenters. The second-order valence-electron chi connectivity index (χ2n) is 7.07. The number of nitro groups is 1. The summed E-state index contributed by atoms with van der Waals surface area (Å²) in [5.74, 6) is 0.171. The molecule has 0 aliphatic rings. The number of nitrogens with zero attached hydrogens (tertiary/aromatic N) is 1. The summed E-state index contributed by atoms with van der Waals surface area (Å²) in [5.41, 5.74) is -0.547. The SMILES string of the molecule is CC(C)(C)C(=O)Oc1ccc(Sc2ccccc2[N+](=O)[O-])c2ccccc12. The largest absolute Gasteiger partial charge is 0.425 e. The Morgan fingerprint density at radius 1 is 0.926 bits per heavy atom. The first-order valence-electron chi connectivity index (χ1n) is 8.42. The summed E-state index contributed by atoms with van der Waals surface area (Å²) in [5, 5.41) is 12.9. The summed E-state index contributed by atoms with van der Waals surface area (Å²) in [6, 6.07) is 17.8. The number of carbonyl (C=O) groups is 1. The maximum Gasteiger partial charge on any atom is 0.316 e. The molecule has 0 bridgehead atoms. The molecule has 0 heterocycles. The first kappa shape index (κ1) is 18.9. The second-order valence-corrected chi connectivity index (χ2v) is 8.16. The molecule has 0 unspecified atom stereocenters. The van der Waals surface area contributed by atoms with E-state index >= 15 is 0 Å². The number of hydrogen-bond donors (Lipinski definition) is 0. The van der Waals surface area contributed by atoms with Crippen LogP contribution in [0.15, 0.2) is 70.5 Å². The van der Waals surface area contributed by atoms with Gasteiger partial charge in [-0.25, -0.2) is 0 Å². The Labute approximate surface area is 161 Å². The van der Waals surface area contributed by atoms with Crippen molar-refractivity contribution in [3.8, 4) is 5.75 Å².